The lowest BCUT2D eigenvalue weighted by Crippen LogP contribution is -2.40. The van der Waals surface area contributed by atoms with Gasteiger partial charge in [0.15, 0.2) is 0 Å². The number of sulfonamides is 1. The summed E-state index contributed by atoms with van der Waals surface area (Å²) in [7, 11) is -2.03. The fraction of sp³-hybridized carbons (Fsp3) is 0.316. The summed E-state index contributed by atoms with van der Waals surface area (Å²) in [6.45, 7) is 1.53. The number of halogens is 2. The summed E-state index contributed by atoms with van der Waals surface area (Å²) in [4.78, 5) is 12.4. The number of methoxy groups -OCH3 is 1. The van der Waals surface area contributed by atoms with Gasteiger partial charge in [-0.2, -0.15) is 4.31 Å². The molecule has 0 aliphatic carbocycles. The number of amides is 1. The van der Waals surface area contributed by atoms with E-state index in [9.17, 15) is 13.2 Å². The molecule has 0 spiro atoms. The maximum atomic E-state index is 12.4. The minimum absolute atomic E-state index is 0.0139. The van der Waals surface area contributed by atoms with E-state index in [1.807, 2.05) is 19.1 Å². The second-order valence-electron chi connectivity index (χ2n) is 6.34. The highest BCUT2D eigenvalue weighted by Gasteiger charge is 2.22. The predicted molar refractivity (Wildman–Crippen MR) is 111 cm³/mol. The molecule has 0 aliphatic heterocycles. The molecule has 0 aliphatic rings. The third kappa shape index (κ3) is 6.38. The van der Waals surface area contributed by atoms with Crippen molar-refractivity contribution in [2.75, 3.05) is 19.9 Å². The first kappa shape index (κ1) is 22.5. The fourth-order valence-electron chi connectivity index (χ4n) is 2.56. The zero-order valence-electron chi connectivity index (χ0n) is 15.8. The van der Waals surface area contributed by atoms with Crippen LogP contribution in [0.25, 0.3) is 0 Å². The van der Waals surface area contributed by atoms with Gasteiger partial charge in [0.05, 0.1) is 36.0 Å². The summed E-state index contributed by atoms with van der Waals surface area (Å²) < 4.78 is 30.4. The number of hydrogen-bond donors (Lipinski definition) is 1. The maximum absolute atomic E-state index is 12.4. The van der Waals surface area contributed by atoms with Crippen LogP contribution in [-0.4, -0.2) is 38.5 Å². The maximum Gasteiger partial charge on any atom is 0.235 e. The van der Waals surface area contributed by atoms with Crippen molar-refractivity contribution < 1.29 is 17.9 Å². The molecule has 0 aromatic heterocycles. The highest BCUT2D eigenvalue weighted by molar-refractivity contribution is 7.88. The molecule has 28 heavy (non-hydrogen) atoms. The van der Waals surface area contributed by atoms with Crippen LogP contribution >= 0.6 is 23.2 Å². The first-order valence-corrected chi connectivity index (χ1v) is 11.0. The number of carbonyl (C=O) groups excluding carboxylic acids is 1. The van der Waals surface area contributed by atoms with Crippen molar-refractivity contribution >= 4 is 39.1 Å². The lowest BCUT2D eigenvalue weighted by atomic mass is 10.1. The number of benzene rings is 2. The normalized spacial score (nSPS) is 12.6. The molecule has 1 atom stereocenters. The third-order valence-electron chi connectivity index (χ3n) is 4.13. The van der Waals surface area contributed by atoms with Crippen LogP contribution in [0, 0.1) is 0 Å². The number of nitrogens with zero attached hydrogens (tertiary/aromatic N) is 1. The van der Waals surface area contributed by atoms with Crippen molar-refractivity contribution in [1.29, 1.82) is 0 Å². The van der Waals surface area contributed by atoms with Crippen molar-refractivity contribution in [3.63, 3.8) is 0 Å². The molecule has 2 aromatic rings. The van der Waals surface area contributed by atoms with Crippen LogP contribution in [-0.2, 0) is 21.4 Å². The van der Waals surface area contributed by atoms with Crippen molar-refractivity contribution in [2.24, 2.45) is 0 Å². The Morgan fingerprint density at radius 1 is 1.14 bits per heavy atom. The average molecular weight is 445 g/mol. The van der Waals surface area contributed by atoms with Crippen molar-refractivity contribution in [3.05, 3.63) is 63.6 Å². The van der Waals surface area contributed by atoms with Crippen LogP contribution in [0.1, 0.15) is 24.1 Å². The lowest BCUT2D eigenvalue weighted by molar-refractivity contribution is -0.122. The number of rotatable bonds is 8. The van der Waals surface area contributed by atoms with E-state index in [1.165, 1.54) is 0 Å². The van der Waals surface area contributed by atoms with Crippen LogP contribution in [0.3, 0.4) is 0 Å². The van der Waals surface area contributed by atoms with Gasteiger partial charge in [-0.15, -0.1) is 0 Å². The molecule has 0 fully saturated rings. The Kier molecular flexibility index (Phi) is 7.71. The highest BCUT2D eigenvalue weighted by atomic mass is 35.5. The number of carbonyl (C=O) groups is 1. The second-order valence-corrected chi connectivity index (χ2v) is 9.14. The monoisotopic (exact) mass is 444 g/mol. The van der Waals surface area contributed by atoms with Gasteiger partial charge < -0.3 is 10.1 Å². The molecule has 2 rings (SSSR count). The van der Waals surface area contributed by atoms with Crippen molar-refractivity contribution in [2.45, 2.75) is 19.5 Å². The molecule has 0 bridgehead atoms. The molecule has 9 heteroatoms. The van der Waals surface area contributed by atoms with E-state index in [4.69, 9.17) is 27.9 Å². The van der Waals surface area contributed by atoms with Gasteiger partial charge in [0.1, 0.15) is 5.75 Å². The zero-order valence-corrected chi connectivity index (χ0v) is 18.1. The van der Waals surface area contributed by atoms with Gasteiger partial charge in [0.25, 0.3) is 0 Å². The van der Waals surface area contributed by atoms with E-state index in [1.54, 1.807) is 37.4 Å². The van der Waals surface area contributed by atoms with E-state index in [0.717, 1.165) is 16.1 Å². The minimum atomic E-state index is -3.61. The van der Waals surface area contributed by atoms with Crippen molar-refractivity contribution in [1.82, 2.24) is 9.62 Å². The summed E-state index contributed by atoms with van der Waals surface area (Å²) >= 11 is 11.9. The molecule has 0 saturated carbocycles. The summed E-state index contributed by atoms with van der Waals surface area (Å²) in [6, 6.07) is 11.8. The quantitative estimate of drug-likeness (QED) is 0.673. The largest absolute Gasteiger partial charge is 0.497 e. The molecular weight excluding hydrogens is 423 g/mol. The highest BCUT2D eigenvalue weighted by Crippen LogP contribution is 2.24. The van der Waals surface area contributed by atoms with Gasteiger partial charge in [-0.3, -0.25) is 4.79 Å². The Bertz CT molecular complexity index is 933. The van der Waals surface area contributed by atoms with E-state index < -0.39 is 15.9 Å². The van der Waals surface area contributed by atoms with Gasteiger partial charge in [-0.25, -0.2) is 8.42 Å². The standard InChI is InChI=1S/C19H22Cl2N2O4S/c1-13(15-5-7-16(27-2)8-6-15)22-19(24)12-23(28(3,25)26)11-14-4-9-17(20)18(21)10-14/h4-10,13H,11-12H2,1-3H3,(H,22,24). The summed E-state index contributed by atoms with van der Waals surface area (Å²) in [5.74, 6) is 0.306. The molecule has 0 saturated heterocycles. The van der Waals surface area contributed by atoms with Gasteiger partial charge in [0.2, 0.25) is 15.9 Å². The van der Waals surface area contributed by atoms with Gasteiger partial charge in [-0.05, 0) is 42.3 Å². The van der Waals surface area contributed by atoms with E-state index in [-0.39, 0.29) is 19.1 Å². The SMILES string of the molecule is COc1ccc(C(C)NC(=O)CN(Cc2ccc(Cl)c(Cl)c2)S(C)(=O)=O)cc1. The first-order chi connectivity index (χ1) is 13.1. The third-order valence-corrected chi connectivity index (χ3v) is 6.06. The van der Waals surface area contributed by atoms with Gasteiger partial charge >= 0.3 is 0 Å². The van der Waals surface area contributed by atoms with Crippen LogP contribution < -0.4 is 10.1 Å². The summed E-state index contributed by atoms with van der Waals surface area (Å²) in [5.41, 5.74) is 1.51. The van der Waals surface area contributed by atoms with E-state index in [0.29, 0.717) is 21.4 Å². The Balaban J connectivity index is 2.06. The number of hydrogen-bond acceptors (Lipinski definition) is 4. The van der Waals surface area contributed by atoms with Gasteiger partial charge in [-0.1, -0.05) is 41.4 Å². The zero-order chi connectivity index (χ0) is 20.9. The van der Waals surface area contributed by atoms with Crippen LogP contribution in [0.15, 0.2) is 42.5 Å². The van der Waals surface area contributed by atoms with Crippen LogP contribution in [0.4, 0.5) is 0 Å². The number of nitrogens with one attached hydrogen (secondary N) is 1. The molecular formula is C19H22Cl2N2O4S. The minimum Gasteiger partial charge on any atom is -0.497 e. The van der Waals surface area contributed by atoms with Gasteiger partial charge in [0, 0.05) is 6.54 Å². The molecule has 2 aromatic carbocycles. The fourth-order valence-corrected chi connectivity index (χ4v) is 3.61. The molecule has 0 radical (unpaired) electrons. The lowest BCUT2D eigenvalue weighted by Gasteiger charge is -2.21. The van der Waals surface area contributed by atoms with E-state index >= 15 is 0 Å². The number of ether oxygens (including phenoxy) is 1. The Morgan fingerprint density at radius 3 is 2.32 bits per heavy atom. The first-order valence-electron chi connectivity index (χ1n) is 8.42. The second kappa shape index (κ2) is 9.60. The molecule has 6 nitrogen and oxygen atoms in total. The predicted octanol–water partition coefficient (Wildman–Crippen LogP) is 3.64. The Hall–Kier alpha value is -1.80. The molecule has 0 heterocycles. The Morgan fingerprint density at radius 2 is 1.79 bits per heavy atom. The molecule has 152 valence electrons. The molecule has 1 amide bonds. The van der Waals surface area contributed by atoms with Crippen LogP contribution in [0.5, 0.6) is 5.75 Å². The molecule has 1 unspecified atom stereocenters. The van der Waals surface area contributed by atoms with Crippen molar-refractivity contribution in [3.8, 4) is 5.75 Å². The topological polar surface area (TPSA) is 75.7 Å². The van der Waals surface area contributed by atoms with Crippen LogP contribution in [0.2, 0.25) is 10.0 Å². The smallest absolute Gasteiger partial charge is 0.235 e. The Labute approximate surface area is 175 Å². The average Bonchev–Trinajstić information content (AvgIpc) is 2.63. The summed E-state index contributed by atoms with van der Waals surface area (Å²) in [6.07, 6.45) is 1.06. The summed E-state index contributed by atoms with van der Waals surface area (Å²) in [5, 5.41) is 3.51. The van der Waals surface area contributed by atoms with E-state index in [2.05, 4.69) is 5.32 Å². The molecule has 1 N–H and O–H groups in total.